The first kappa shape index (κ1) is 23.1. The highest BCUT2D eigenvalue weighted by Gasteiger charge is 2.16. The van der Waals surface area contributed by atoms with E-state index in [0.717, 1.165) is 0 Å². The molecule has 1 aromatic heterocycles. The molecule has 1 N–H and O–H groups in total. The van der Waals surface area contributed by atoms with Crippen molar-refractivity contribution >= 4 is 22.5 Å². The van der Waals surface area contributed by atoms with Crippen molar-refractivity contribution in [2.75, 3.05) is 6.54 Å². The molecule has 0 aliphatic rings. The third kappa shape index (κ3) is 5.01. The number of nitrogens with one attached hydrogen (secondary N) is 1. The molecule has 0 spiro atoms. The normalized spacial score (nSPS) is 11.5. The van der Waals surface area contributed by atoms with E-state index in [0.29, 0.717) is 13.0 Å². The number of nitro benzene ring substituents is 1. The van der Waals surface area contributed by atoms with Crippen molar-refractivity contribution in [1.82, 2.24) is 14.9 Å². The zero-order chi connectivity index (χ0) is 23.6. The van der Waals surface area contributed by atoms with Gasteiger partial charge < -0.3 is 5.32 Å². The van der Waals surface area contributed by atoms with Crippen LogP contribution in [0.4, 0.5) is 5.69 Å². The summed E-state index contributed by atoms with van der Waals surface area (Å²) in [6.45, 7) is 11.0. The average molecular weight is 437 g/mol. The summed E-state index contributed by atoms with van der Waals surface area (Å²) < 4.78 is 1.21. The molecule has 1 amide bonds. The molecule has 32 heavy (non-hydrogen) atoms. The van der Waals surface area contributed by atoms with Crippen molar-refractivity contribution in [3.05, 3.63) is 79.4 Å². The van der Waals surface area contributed by atoms with Crippen LogP contribution in [-0.2, 0) is 23.2 Å². The fourth-order valence-electron chi connectivity index (χ4n) is 3.73. The van der Waals surface area contributed by atoms with Gasteiger partial charge in [-0.3, -0.25) is 24.3 Å². The maximum Gasteiger partial charge on any atom is 0.271 e. The molecule has 0 radical (unpaired) electrons. The van der Waals surface area contributed by atoms with Crippen molar-refractivity contribution in [3.8, 4) is 0 Å². The number of hydrogen-bond donors (Lipinski definition) is 1. The smallest absolute Gasteiger partial charge is 0.271 e. The van der Waals surface area contributed by atoms with Crippen molar-refractivity contribution in [3.63, 3.8) is 0 Å². The van der Waals surface area contributed by atoms with Crippen molar-refractivity contribution in [2.24, 2.45) is 0 Å². The maximum absolute atomic E-state index is 12.6. The van der Waals surface area contributed by atoms with Gasteiger partial charge >= 0.3 is 0 Å². The molecule has 0 saturated carbocycles. The van der Waals surface area contributed by atoms with Gasteiger partial charge in [-0.2, -0.15) is 0 Å². The van der Waals surface area contributed by atoms with E-state index < -0.39 is 10.5 Å². The maximum atomic E-state index is 12.6. The van der Waals surface area contributed by atoms with E-state index >= 15 is 0 Å². The molecular formula is C24H28N4O4. The molecular weight excluding hydrogens is 408 g/mol. The van der Waals surface area contributed by atoms with Crippen LogP contribution in [0.1, 0.15) is 43.0 Å². The second kappa shape index (κ2) is 8.90. The number of aromatic nitrogens is 2. The predicted octanol–water partition coefficient (Wildman–Crippen LogP) is 3.58. The van der Waals surface area contributed by atoms with E-state index in [4.69, 9.17) is 0 Å². The number of carbonyl (C=O) groups is 1. The van der Waals surface area contributed by atoms with Crippen LogP contribution in [0.15, 0.2) is 41.5 Å². The lowest BCUT2D eigenvalue weighted by Gasteiger charge is -2.22. The SMILES string of the molecule is Cc1cc(C(C)(C)C)cc(C)c1CCNC(=O)Cn1cnc2cc([N+](=O)[O-])ccc2c1=O. The Morgan fingerprint density at radius 3 is 2.41 bits per heavy atom. The monoisotopic (exact) mass is 436 g/mol. The number of aryl methyl sites for hydroxylation is 2. The lowest BCUT2D eigenvalue weighted by atomic mass is 9.83. The minimum absolute atomic E-state index is 0.0777. The lowest BCUT2D eigenvalue weighted by Crippen LogP contribution is -2.33. The summed E-state index contributed by atoms with van der Waals surface area (Å²) in [6, 6.07) is 8.27. The summed E-state index contributed by atoms with van der Waals surface area (Å²) in [6.07, 6.45) is 1.94. The molecule has 0 atom stereocenters. The van der Waals surface area contributed by atoms with Gasteiger partial charge in [-0.25, -0.2) is 4.98 Å². The van der Waals surface area contributed by atoms with E-state index in [2.05, 4.69) is 57.1 Å². The average Bonchev–Trinajstić information content (AvgIpc) is 2.71. The van der Waals surface area contributed by atoms with Gasteiger partial charge in [0.15, 0.2) is 0 Å². The summed E-state index contributed by atoms with van der Waals surface area (Å²) in [7, 11) is 0. The third-order valence-electron chi connectivity index (χ3n) is 5.59. The summed E-state index contributed by atoms with van der Waals surface area (Å²) in [4.78, 5) is 39.5. The molecule has 0 aliphatic heterocycles. The molecule has 0 unspecified atom stereocenters. The summed E-state index contributed by atoms with van der Waals surface area (Å²) >= 11 is 0. The molecule has 8 heteroatoms. The van der Waals surface area contributed by atoms with Crippen LogP contribution < -0.4 is 10.9 Å². The number of nitrogens with zero attached hydrogens (tertiary/aromatic N) is 3. The Hall–Kier alpha value is -3.55. The zero-order valence-corrected chi connectivity index (χ0v) is 19.1. The lowest BCUT2D eigenvalue weighted by molar-refractivity contribution is -0.384. The van der Waals surface area contributed by atoms with Gasteiger partial charge in [0.1, 0.15) is 6.54 Å². The Morgan fingerprint density at radius 1 is 1.16 bits per heavy atom. The van der Waals surface area contributed by atoms with Crippen LogP contribution in [-0.4, -0.2) is 26.9 Å². The fraction of sp³-hybridized carbons (Fsp3) is 0.375. The second-order valence-corrected chi connectivity index (χ2v) is 9.07. The zero-order valence-electron chi connectivity index (χ0n) is 19.1. The standard InChI is InChI=1S/C24H28N4O4/c1-15-10-17(24(3,4)5)11-16(2)19(15)8-9-25-22(29)13-27-14-26-21-12-18(28(31)32)6-7-20(21)23(27)30/h6-7,10-12,14H,8-9,13H2,1-5H3,(H,25,29). The highest BCUT2D eigenvalue weighted by Crippen LogP contribution is 2.27. The molecule has 0 fully saturated rings. The molecule has 168 valence electrons. The minimum atomic E-state index is -0.541. The van der Waals surface area contributed by atoms with Crippen LogP contribution in [0.5, 0.6) is 0 Å². The first-order valence-electron chi connectivity index (χ1n) is 10.5. The number of carbonyl (C=O) groups excluding carboxylic acids is 1. The molecule has 0 saturated heterocycles. The van der Waals surface area contributed by atoms with E-state index in [9.17, 15) is 19.7 Å². The molecule has 0 bridgehead atoms. The van der Waals surface area contributed by atoms with E-state index in [1.807, 2.05) is 0 Å². The van der Waals surface area contributed by atoms with Gasteiger partial charge in [0.25, 0.3) is 11.2 Å². The van der Waals surface area contributed by atoms with Crippen LogP contribution >= 0.6 is 0 Å². The van der Waals surface area contributed by atoms with Crippen LogP contribution in [0, 0.1) is 24.0 Å². The Morgan fingerprint density at radius 2 is 1.81 bits per heavy atom. The van der Waals surface area contributed by atoms with Gasteiger partial charge in [-0.05, 0) is 54.0 Å². The van der Waals surface area contributed by atoms with Gasteiger partial charge in [0.2, 0.25) is 5.91 Å². The van der Waals surface area contributed by atoms with Gasteiger partial charge in [-0.15, -0.1) is 0 Å². The van der Waals surface area contributed by atoms with Crippen LogP contribution in [0.2, 0.25) is 0 Å². The number of rotatable bonds is 6. The first-order chi connectivity index (χ1) is 15.0. The Balaban J connectivity index is 1.66. The highest BCUT2D eigenvalue weighted by molar-refractivity contribution is 5.80. The Kier molecular flexibility index (Phi) is 6.43. The summed E-state index contributed by atoms with van der Waals surface area (Å²) in [5.41, 5.74) is 4.66. The largest absolute Gasteiger partial charge is 0.354 e. The molecule has 1 heterocycles. The first-order valence-corrected chi connectivity index (χ1v) is 10.5. The van der Waals surface area contributed by atoms with E-state index in [1.165, 1.54) is 51.3 Å². The predicted molar refractivity (Wildman–Crippen MR) is 124 cm³/mol. The quantitative estimate of drug-likeness (QED) is 0.469. The van der Waals surface area contributed by atoms with Crippen LogP contribution in [0.25, 0.3) is 10.9 Å². The number of hydrogen-bond acceptors (Lipinski definition) is 5. The van der Waals surface area contributed by atoms with Crippen LogP contribution in [0.3, 0.4) is 0 Å². The van der Waals surface area contributed by atoms with Gasteiger partial charge in [-0.1, -0.05) is 32.9 Å². The van der Waals surface area contributed by atoms with E-state index in [-0.39, 0.29) is 34.5 Å². The second-order valence-electron chi connectivity index (χ2n) is 9.07. The minimum Gasteiger partial charge on any atom is -0.354 e. The number of amides is 1. The van der Waals surface area contributed by atoms with Gasteiger partial charge in [0.05, 0.1) is 22.2 Å². The summed E-state index contributed by atoms with van der Waals surface area (Å²) in [5.74, 6) is -0.295. The Labute approximate surface area is 186 Å². The third-order valence-corrected chi connectivity index (χ3v) is 5.59. The topological polar surface area (TPSA) is 107 Å². The van der Waals surface area contributed by atoms with Gasteiger partial charge in [0, 0.05) is 18.7 Å². The van der Waals surface area contributed by atoms with Crippen molar-refractivity contribution in [1.29, 1.82) is 0 Å². The molecule has 2 aromatic carbocycles. The fourth-order valence-corrected chi connectivity index (χ4v) is 3.73. The Bertz CT molecular complexity index is 1230. The molecule has 3 rings (SSSR count). The van der Waals surface area contributed by atoms with Crippen molar-refractivity contribution < 1.29 is 9.72 Å². The molecule has 3 aromatic rings. The molecule has 8 nitrogen and oxygen atoms in total. The number of non-ortho nitro benzene ring substituents is 1. The highest BCUT2D eigenvalue weighted by atomic mass is 16.6. The van der Waals surface area contributed by atoms with Crippen molar-refractivity contribution in [2.45, 2.75) is 53.0 Å². The number of nitro groups is 1. The number of benzene rings is 2. The van der Waals surface area contributed by atoms with E-state index in [1.54, 1.807) is 0 Å². The number of fused-ring (bicyclic) bond motifs is 1. The molecule has 0 aliphatic carbocycles. The summed E-state index contributed by atoms with van der Waals surface area (Å²) in [5, 5.41) is 14.0.